The molecule has 4 aromatic rings. The largest absolute Gasteiger partial charge is 0.462 e. The molecule has 0 aliphatic carbocycles. The van der Waals surface area contributed by atoms with E-state index in [1.807, 2.05) is 19.1 Å². The number of hydrogen-bond acceptors (Lipinski definition) is 8. The molecule has 2 N–H and O–H groups in total. The molecular formula is C28H33N7O3. The average Bonchev–Trinajstić information content (AvgIpc) is 3.65. The van der Waals surface area contributed by atoms with Crippen LogP contribution < -0.4 is 10.2 Å². The number of aryl methyl sites for hydroxylation is 1. The molecule has 1 aliphatic rings. The second-order valence-electron chi connectivity index (χ2n) is 9.16. The van der Waals surface area contributed by atoms with Gasteiger partial charge >= 0.3 is 5.97 Å². The summed E-state index contributed by atoms with van der Waals surface area (Å²) in [4.78, 5) is 14.9. The number of esters is 1. The molecule has 0 bridgehead atoms. The van der Waals surface area contributed by atoms with Crippen molar-refractivity contribution in [1.82, 2.24) is 25.2 Å². The number of anilines is 2. The number of aromatic nitrogens is 5. The van der Waals surface area contributed by atoms with Gasteiger partial charge in [-0.3, -0.25) is 0 Å². The lowest BCUT2D eigenvalue weighted by Gasteiger charge is -2.27. The lowest BCUT2D eigenvalue weighted by molar-refractivity contribution is 0.0525. The maximum atomic E-state index is 12.8. The van der Waals surface area contributed by atoms with Gasteiger partial charge in [0.2, 0.25) is 6.35 Å². The molecule has 0 spiro atoms. The molecule has 1 atom stereocenters. The number of rotatable bonds is 10. The first-order valence-corrected chi connectivity index (χ1v) is 13.0. The van der Waals surface area contributed by atoms with Gasteiger partial charge in [-0.2, -0.15) is 0 Å². The molecule has 0 saturated heterocycles. The van der Waals surface area contributed by atoms with Crippen molar-refractivity contribution in [3.8, 4) is 22.6 Å². The highest BCUT2D eigenvalue weighted by Crippen LogP contribution is 2.40. The molecule has 5 rings (SSSR count). The fourth-order valence-electron chi connectivity index (χ4n) is 5.01. The molecule has 10 heteroatoms. The zero-order chi connectivity index (χ0) is 26.6. The number of hydrogen-bond donors (Lipinski definition) is 2. The number of fused-ring (bicyclic) bond motifs is 1. The number of aromatic amines is 1. The van der Waals surface area contributed by atoms with Gasteiger partial charge in [0.25, 0.3) is 0 Å². The number of para-hydroxylation sites is 1. The normalized spacial score (nSPS) is 14.4. The fourth-order valence-corrected chi connectivity index (χ4v) is 5.01. The molecule has 0 fully saturated rings. The third-order valence-electron chi connectivity index (χ3n) is 6.66. The molecule has 10 nitrogen and oxygen atoms in total. The van der Waals surface area contributed by atoms with E-state index in [0.717, 1.165) is 52.4 Å². The van der Waals surface area contributed by atoms with E-state index in [-0.39, 0.29) is 12.3 Å². The highest BCUT2D eigenvalue weighted by Gasteiger charge is 2.33. The predicted octanol–water partition coefficient (Wildman–Crippen LogP) is 4.98. The van der Waals surface area contributed by atoms with E-state index < -0.39 is 0 Å². The number of nitrogens with one attached hydrogen (secondary N) is 2. The Kier molecular flexibility index (Phi) is 7.41. The molecule has 0 radical (unpaired) electrons. The Morgan fingerprint density at radius 3 is 2.61 bits per heavy atom. The number of H-pyrrole nitrogens is 1. The van der Waals surface area contributed by atoms with Crippen LogP contribution in [0.5, 0.6) is 0 Å². The van der Waals surface area contributed by atoms with Crippen molar-refractivity contribution in [3.63, 3.8) is 0 Å². The second-order valence-corrected chi connectivity index (χ2v) is 9.16. The van der Waals surface area contributed by atoms with Gasteiger partial charge in [-0.1, -0.05) is 37.3 Å². The van der Waals surface area contributed by atoms with Crippen LogP contribution in [0.4, 0.5) is 11.4 Å². The van der Waals surface area contributed by atoms with Crippen molar-refractivity contribution >= 4 is 17.3 Å². The molecular weight excluding hydrogens is 482 g/mol. The zero-order valence-electron chi connectivity index (χ0n) is 22.2. The number of ether oxygens (including phenoxy) is 2. The molecule has 1 unspecified atom stereocenters. The molecule has 2 aromatic carbocycles. The number of carbonyl (C=O) groups is 1. The van der Waals surface area contributed by atoms with E-state index >= 15 is 0 Å². The summed E-state index contributed by atoms with van der Waals surface area (Å²) in [6.07, 6.45) is 0.507. The van der Waals surface area contributed by atoms with Crippen LogP contribution in [0.3, 0.4) is 0 Å². The third kappa shape index (κ3) is 4.74. The summed E-state index contributed by atoms with van der Waals surface area (Å²) in [5.74, 6) is 0.300. The fraction of sp³-hybridized carbons (Fsp3) is 0.357. The summed E-state index contributed by atoms with van der Waals surface area (Å²) in [6, 6.07) is 16.2. The average molecular weight is 516 g/mol. The lowest BCUT2D eigenvalue weighted by atomic mass is 10.0. The van der Waals surface area contributed by atoms with Crippen molar-refractivity contribution in [3.05, 3.63) is 65.4 Å². The van der Waals surface area contributed by atoms with Gasteiger partial charge in [-0.25, -0.2) is 9.89 Å². The minimum absolute atomic E-state index is 0.318. The van der Waals surface area contributed by atoms with Crippen LogP contribution in [-0.2, 0) is 22.6 Å². The molecule has 1 aliphatic heterocycles. The monoisotopic (exact) mass is 515 g/mol. The van der Waals surface area contributed by atoms with Crippen molar-refractivity contribution in [2.45, 2.75) is 53.6 Å². The number of nitrogens with zero attached hydrogens (tertiary/aromatic N) is 5. The predicted molar refractivity (Wildman–Crippen MR) is 146 cm³/mol. The molecule has 198 valence electrons. The first-order valence-electron chi connectivity index (χ1n) is 13.0. The number of carbonyl (C=O) groups excluding carboxylic acids is 1. The van der Waals surface area contributed by atoms with Gasteiger partial charge in [0.15, 0.2) is 5.82 Å². The van der Waals surface area contributed by atoms with Crippen LogP contribution in [0.25, 0.3) is 22.6 Å². The Morgan fingerprint density at radius 2 is 1.92 bits per heavy atom. The van der Waals surface area contributed by atoms with Gasteiger partial charge in [-0.15, -0.1) is 5.10 Å². The van der Waals surface area contributed by atoms with E-state index in [1.54, 1.807) is 6.07 Å². The first kappa shape index (κ1) is 25.5. The van der Waals surface area contributed by atoms with E-state index in [0.29, 0.717) is 31.1 Å². The Morgan fingerprint density at radius 1 is 1.11 bits per heavy atom. The van der Waals surface area contributed by atoms with Gasteiger partial charge in [0.05, 0.1) is 35.8 Å². The van der Waals surface area contributed by atoms with Gasteiger partial charge in [0, 0.05) is 24.3 Å². The summed E-state index contributed by atoms with van der Waals surface area (Å²) < 4.78 is 13.7. The number of tetrazole rings is 1. The summed E-state index contributed by atoms with van der Waals surface area (Å²) in [5.41, 5.74) is 7.51. The standard InChI is InChI=1S/C28H33N7O3/c1-5-15-38-28-29-23-10-8-9-21(27(36)37-7-3)25(23)35(28)17-19-11-13-20(14-12-19)24-22(26-30-32-33-31-26)16-18(4)34(24)6-2/h8-14,16,28-29H,5-7,15,17H2,1-4H3,(H,30,31,32,33). The molecule has 0 amide bonds. The van der Waals surface area contributed by atoms with Crippen molar-refractivity contribution < 1.29 is 14.3 Å². The molecule has 2 aromatic heterocycles. The Balaban J connectivity index is 1.48. The summed E-state index contributed by atoms with van der Waals surface area (Å²) in [7, 11) is 0. The van der Waals surface area contributed by atoms with E-state index in [2.05, 4.69) is 86.5 Å². The van der Waals surface area contributed by atoms with Gasteiger partial charge < -0.3 is 24.3 Å². The minimum Gasteiger partial charge on any atom is -0.462 e. The first-order chi connectivity index (χ1) is 18.5. The quantitative estimate of drug-likeness (QED) is 0.285. The van der Waals surface area contributed by atoms with Crippen LogP contribution in [0.1, 0.15) is 48.8 Å². The maximum absolute atomic E-state index is 12.8. The summed E-state index contributed by atoms with van der Waals surface area (Å²) in [5, 5.41) is 18.0. The number of benzene rings is 2. The Labute approximate surface area is 222 Å². The molecule has 3 heterocycles. The van der Waals surface area contributed by atoms with Gasteiger partial charge in [-0.05, 0) is 66.9 Å². The smallest absolute Gasteiger partial charge is 0.340 e. The SMILES string of the molecule is CCCOC1Nc2cccc(C(=O)OCC)c2N1Cc1ccc(-c2c(-c3nnn[nH]3)cc(C)n2CC)cc1. The van der Waals surface area contributed by atoms with E-state index in [9.17, 15) is 4.79 Å². The van der Waals surface area contributed by atoms with Crippen LogP contribution in [0.15, 0.2) is 48.5 Å². The van der Waals surface area contributed by atoms with E-state index in [1.165, 1.54) is 0 Å². The third-order valence-corrected chi connectivity index (χ3v) is 6.66. The van der Waals surface area contributed by atoms with Crippen LogP contribution in [0, 0.1) is 6.92 Å². The molecule has 38 heavy (non-hydrogen) atoms. The van der Waals surface area contributed by atoms with Crippen molar-refractivity contribution in [2.75, 3.05) is 23.4 Å². The Hall–Kier alpha value is -4.18. The van der Waals surface area contributed by atoms with Crippen LogP contribution >= 0.6 is 0 Å². The summed E-state index contributed by atoms with van der Waals surface area (Å²) >= 11 is 0. The second kappa shape index (κ2) is 11.1. The molecule has 0 saturated carbocycles. The highest BCUT2D eigenvalue weighted by atomic mass is 16.5. The maximum Gasteiger partial charge on any atom is 0.340 e. The lowest BCUT2D eigenvalue weighted by Crippen LogP contribution is -2.38. The van der Waals surface area contributed by atoms with Crippen LogP contribution in [0.2, 0.25) is 0 Å². The Bertz CT molecular complexity index is 1400. The highest BCUT2D eigenvalue weighted by molar-refractivity contribution is 6.00. The minimum atomic E-state index is -0.384. The van der Waals surface area contributed by atoms with Crippen molar-refractivity contribution in [1.29, 1.82) is 0 Å². The topological polar surface area (TPSA) is 110 Å². The zero-order valence-corrected chi connectivity index (χ0v) is 22.2. The summed E-state index contributed by atoms with van der Waals surface area (Å²) in [6.45, 7) is 10.4. The van der Waals surface area contributed by atoms with E-state index in [4.69, 9.17) is 9.47 Å². The van der Waals surface area contributed by atoms with Crippen molar-refractivity contribution in [2.24, 2.45) is 0 Å². The van der Waals surface area contributed by atoms with Crippen LogP contribution in [-0.4, -0.2) is 50.7 Å². The van der Waals surface area contributed by atoms with Gasteiger partial charge in [0.1, 0.15) is 0 Å².